The van der Waals surface area contributed by atoms with Gasteiger partial charge >= 0.3 is 17.9 Å². The Hall–Kier alpha value is -3.91. The van der Waals surface area contributed by atoms with Gasteiger partial charge in [0.2, 0.25) is 0 Å². The summed E-state index contributed by atoms with van der Waals surface area (Å²) < 4.78 is 33.3. The minimum absolute atomic E-state index is 0.271. The van der Waals surface area contributed by atoms with Crippen LogP contribution < -0.4 is 14.2 Å². The van der Waals surface area contributed by atoms with E-state index in [0.717, 1.165) is 21.3 Å². The van der Waals surface area contributed by atoms with Crippen LogP contribution in [-0.2, 0) is 28.6 Å². The maximum absolute atomic E-state index is 11.8. The maximum Gasteiger partial charge on any atom is 0.303 e. The summed E-state index contributed by atoms with van der Waals surface area (Å²) in [4.78, 5) is 47.3. The molecule has 0 aromatic carbocycles. The lowest BCUT2D eigenvalue weighted by atomic mass is 10.1. The van der Waals surface area contributed by atoms with E-state index < -0.39 is 41.7 Å². The zero-order valence-corrected chi connectivity index (χ0v) is 25.9. The molecule has 1 fully saturated rings. The van der Waals surface area contributed by atoms with Crippen molar-refractivity contribution in [2.45, 2.75) is 44.5 Å². The highest BCUT2D eigenvalue weighted by molar-refractivity contribution is 9.10. The first-order chi connectivity index (χ1) is 20.1. The Bertz CT molecular complexity index is 1380. The molecule has 3 aromatic rings. The normalized spacial score (nSPS) is 19.3. The summed E-state index contributed by atoms with van der Waals surface area (Å²) in [5.41, 5.74) is 0.761. The number of thioether (sulfide) groups is 1. The summed E-state index contributed by atoms with van der Waals surface area (Å²) in [6, 6.07) is 5.42. The van der Waals surface area contributed by atoms with Gasteiger partial charge < -0.3 is 28.4 Å². The fraction of sp³-hybridized carbons (Fsp3) is 0.357. The van der Waals surface area contributed by atoms with Gasteiger partial charge in [0.25, 0.3) is 0 Å². The van der Waals surface area contributed by atoms with Crippen molar-refractivity contribution in [2.75, 3.05) is 20.0 Å². The molecule has 4 rings (SSSR count). The summed E-state index contributed by atoms with van der Waals surface area (Å²) in [7, 11) is 3.17. The second-order valence-corrected chi connectivity index (χ2v) is 10.7. The Morgan fingerprint density at radius 1 is 0.714 bits per heavy atom. The topological polar surface area (TPSA) is 145 Å². The molecule has 14 heteroatoms. The first-order valence-electron chi connectivity index (χ1n) is 12.5. The largest absolute Gasteiger partial charge is 0.495 e. The molecule has 1 aliphatic rings. The molecule has 0 aliphatic carbocycles. The highest BCUT2D eigenvalue weighted by atomic mass is 79.9. The van der Waals surface area contributed by atoms with Gasteiger partial charge in [-0.15, -0.1) is 11.8 Å². The van der Waals surface area contributed by atoms with Crippen LogP contribution in [0.5, 0.6) is 17.2 Å². The van der Waals surface area contributed by atoms with Crippen LogP contribution in [0.4, 0.5) is 0 Å². The number of carbonyl (C=O) groups excluding carboxylic acids is 3. The number of hydrogen-bond donors (Lipinski definition) is 0. The molecular weight excluding hydrogens is 634 g/mol. The van der Waals surface area contributed by atoms with Gasteiger partial charge in [-0.05, 0) is 34.1 Å². The van der Waals surface area contributed by atoms with Gasteiger partial charge in [-0.2, -0.15) is 0 Å². The van der Waals surface area contributed by atoms with E-state index in [2.05, 4.69) is 30.9 Å². The second kappa shape index (κ2) is 15.9. The number of aromatic nitrogens is 3. The van der Waals surface area contributed by atoms with Crippen LogP contribution in [0.3, 0.4) is 0 Å². The van der Waals surface area contributed by atoms with Crippen molar-refractivity contribution in [2.24, 2.45) is 0 Å². The smallest absolute Gasteiger partial charge is 0.303 e. The number of ether oxygens (including phenoxy) is 6. The van der Waals surface area contributed by atoms with Gasteiger partial charge in [-0.3, -0.25) is 29.3 Å². The zero-order chi connectivity index (χ0) is 30.6. The Morgan fingerprint density at radius 2 is 1.21 bits per heavy atom. The number of rotatable bonds is 8. The Morgan fingerprint density at radius 3 is 1.74 bits per heavy atom. The lowest BCUT2D eigenvalue weighted by molar-refractivity contribution is -0.186. The first-order valence-corrected chi connectivity index (χ1v) is 14.3. The average Bonchev–Trinajstić information content (AvgIpc) is 2.96. The highest BCUT2D eigenvalue weighted by Gasteiger charge is 2.47. The van der Waals surface area contributed by atoms with Gasteiger partial charge in [-0.1, -0.05) is 0 Å². The number of carbonyl (C=O) groups is 3. The van der Waals surface area contributed by atoms with E-state index in [1.54, 1.807) is 51.3 Å². The summed E-state index contributed by atoms with van der Waals surface area (Å²) in [6.45, 7) is 3.71. The van der Waals surface area contributed by atoms with Crippen LogP contribution in [0.2, 0.25) is 0 Å². The number of pyridine rings is 3. The van der Waals surface area contributed by atoms with Gasteiger partial charge in [-0.25, -0.2) is 0 Å². The van der Waals surface area contributed by atoms with Gasteiger partial charge in [0, 0.05) is 60.7 Å². The zero-order valence-electron chi connectivity index (χ0n) is 23.5. The van der Waals surface area contributed by atoms with Crippen LogP contribution in [0.15, 0.2) is 59.9 Å². The van der Waals surface area contributed by atoms with Crippen molar-refractivity contribution in [1.82, 2.24) is 15.0 Å². The van der Waals surface area contributed by atoms with Gasteiger partial charge in [0.05, 0.1) is 32.8 Å². The molecule has 0 amide bonds. The summed E-state index contributed by atoms with van der Waals surface area (Å²) >= 11 is 4.53. The van der Waals surface area contributed by atoms with Crippen molar-refractivity contribution in [1.29, 1.82) is 0 Å². The van der Waals surface area contributed by atoms with E-state index in [4.69, 9.17) is 28.4 Å². The lowest BCUT2D eigenvalue weighted by Crippen LogP contribution is -2.55. The van der Waals surface area contributed by atoms with Gasteiger partial charge in [0.15, 0.2) is 23.7 Å². The molecule has 0 saturated carbocycles. The molecule has 0 bridgehead atoms. The van der Waals surface area contributed by atoms with Crippen molar-refractivity contribution in [3.8, 4) is 28.4 Å². The molecule has 1 aliphatic heterocycles. The third kappa shape index (κ3) is 9.87. The Labute approximate surface area is 255 Å². The van der Waals surface area contributed by atoms with Crippen molar-refractivity contribution < 1.29 is 42.8 Å². The fourth-order valence-electron chi connectivity index (χ4n) is 3.78. The van der Waals surface area contributed by atoms with E-state index in [0.29, 0.717) is 11.5 Å². The summed E-state index contributed by atoms with van der Waals surface area (Å²) in [6.07, 6.45) is 6.95. The standard InChI is InChI=1S/C22H24N2O8S.C6H6BrNO/c1-12(25)29-19-11-33-22(21(31-14(3)27)20(19)30-13(2)26)32-18-6-16(8-24-10-18)15-5-17(28-4)9-23-7-15;1-9-6-2-5(7)3-8-4-6/h5-10,19-22H,11H2,1-4H3;2-4H,1H3/t19-,20+,21-,22-;/m1./s1. The minimum atomic E-state index is -1.03. The molecule has 1 saturated heterocycles. The highest BCUT2D eigenvalue weighted by Crippen LogP contribution is 2.35. The van der Waals surface area contributed by atoms with E-state index in [1.165, 1.54) is 38.7 Å². The third-order valence-electron chi connectivity index (χ3n) is 5.47. The average molecular weight is 665 g/mol. The van der Waals surface area contributed by atoms with E-state index >= 15 is 0 Å². The lowest BCUT2D eigenvalue weighted by Gasteiger charge is -2.39. The van der Waals surface area contributed by atoms with Crippen LogP contribution in [-0.4, -0.2) is 76.6 Å². The molecule has 42 heavy (non-hydrogen) atoms. The van der Waals surface area contributed by atoms with Crippen LogP contribution in [0, 0.1) is 0 Å². The molecular formula is C28H30BrN3O9S. The molecule has 224 valence electrons. The number of hydrogen-bond acceptors (Lipinski definition) is 13. The van der Waals surface area contributed by atoms with Crippen molar-refractivity contribution in [3.05, 3.63) is 59.9 Å². The van der Waals surface area contributed by atoms with Crippen molar-refractivity contribution >= 4 is 45.6 Å². The summed E-state index contributed by atoms with van der Waals surface area (Å²) in [5, 5.41) is 0. The molecule has 4 atom stereocenters. The molecule has 0 N–H and O–H groups in total. The maximum atomic E-state index is 11.8. The SMILES string of the molecule is COc1cncc(-c2cncc(O[C@@H]3SC[C@@H](OC(C)=O)[C@H](OC(C)=O)[C@H]3OC(C)=O)c2)c1.COc1cncc(Br)c1. The van der Waals surface area contributed by atoms with Crippen LogP contribution in [0.1, 0.15) is 20.8 Å². The summed E-state index contributed by atoms with van der Waals surface area (Å²) in [5.74, 6) is 0.298. The molecule has 0 spiro atoms. The minimum Gasteiger partial charge on any atom is -0.495 e. The second-order valence-electron chi connectivity index (χ2n) is 8.68. The Kier molecular flexibility index (Phi) is 12.4. The number of methoxy groups -OCH3 is 2. The van der Waals surface area contributed by atoms with Crippen LogP contribution in [0.25, 0.3) is 11.1 Å². The van der Waals surface area contributed by atoms with Gasteiger partial charge in [0.1, 0.15) is 17.2 Å². The first kappa shape index (κ1) is 32.6. The third-order valence-corrected chi connectivity index (χ3v) is 7.12. The molecule has 4 heterocycles. The predicted molar refractivity (Wildman–Crippen MR) is 156 cm³/mol. The quantitative estimate of drug-likeness (QED) is 0.250. The van der Waals surface area contributed by atoms with Crippen LogP contribution >= 0.6 is 27.7 Å². The molecule has 0 unspecified atom stereocenters. The molecule has 0 radical (unpaired) electrons. The monoisotopic (exact) mass is 663 g/mol. The van der Waals surface area contributed by atoms with Crippen molar-refractivity contribution in [3.63, 3.8) is 0 Å². The Balaban J connectivity index is 0.000000458. The number of esters is 3. The predicted octanol–water partition coefficient (Wildman–Crippen LogP) is 4.25. The van der Waals surface area contributed by atoms with E-state index in [-0.39, 0.29) is 5.75 Å². The van der Waals surface area contributed by atoms with E-state index in [9.17, 15) is 14.4 Å². The molecule has 3 aromatic heterocycles. The number of nitrogens with zero attached hydrogens (tertiary/aromatic N) is 3. The van der Waals surface area contributed by atoms with E-state index in [1.807, 2.05) is 12.1 Å². The molecule has 12 nitrogen and oxygen atoms in total. The fourth-order valence-corrected chi connectivity index (χ4v) is 5.34. The number of halogens is 1.